The summed E-state index contributed by atoms with van der Waals surface area (Å²) in [4.78, 5) is 2.24. The van der Waals surface area contributed by atoms with Gasteiger partial charge in [0, 0.05) is 25.0 Å². The summed E-state index contributed by atoms with van der Waals surface area (Å²) in [6.45, 7) is 5.06. The lowest BCUT2D eigenvalue weighted by atomic mass is 10.1. The van der Waals surface area contributed by atoms with Gasteiger partial charge in [-0.15, -0.1) is 0 Å². The molecule has 0 saturated heterocycles. The Kier molecular flexibility index (Phi) is 3.56. The first-order valence-electron chi connectivity index (χ1n) is 6.19. The van der Waals surface area contributed by atoms with E-state index in [1.165, 1.54) is 22.4 Å². The van der Waals surface area contributed by atoms with Crippen molar-refractivity contribution in [2.75, 3.05) is 17.7 Å². The molecule has 18 heavy (non-hydrogen) atoms. The molecule has 94 valence electrons. The highest BCUT2D eigenvalue weighted by atomic mass is 15.1. The van der Waals surface area contributed by atoms with E-state index in [4.69, 9.17) is 5.73 Å². The molecule has 0 atom stereocenters. The molecule has 0 heterocycles. The third-order valence-corrected chi connectivity index (χ3v) is 3.23. The Morgan fingerprint density at radius 1 is 1.06 bits per heavy atom. The van der Waals surface area contributed by atoms with Crippen LogP contribution in [0.2, 0.25) is 0 Å². The Balaban J connectivity index is 2.24. The third-order valence-electron chi connectivity index (χ3n) is 3.23. The Morgan fingerprint density at radius 2 is 1.78 bits per heavy atom. The van der Waals surface area contributed by atoms with Crippen LogP contribution in [0, 0.1) is 13.8 Å². The molecule has 0 aliphatic carbocycles. The van der Waals surface area contributed by atoms with Gasteiger partial charge < -0.3 is 10.6 Å². The summed E-state index contributed by atoms with van der Waals surface area (Å²) in [5.41, 5.74) is 11.9. The SMILES string of the molecule is Cc1ccc(N)c(CN(C)c2ccccc2C)c1. The molecule has 0 aliphatic rings. The Bertz CT molecular complexity index is 547. The number of nitrogens with two attached hydrogens (primary N) is 1. The predicted molar refractivity (Wildman–Crippen MR) is 78.9 cm³/mol. The third kappa shape index (κ3) is 2.65. The number of aryl methyl sites for hydroxylation is 2. The lowest BCUT2D eigenvalue weighted by Gasteiger charge is -2.22. The van der Waals surface area contributed by atoms with Gasteiger partial charge in [-0.2, -0.15) is 0 Å². The summed E-state index contributed by atoms with van der Waals surface area (Å²) in [6, 6.07) is 14.6. The first-order chi connectivity index (χ1) is 8.58. The van der Waals surface area contributed by atoms with Gasteiger partial charge in [0.25, 0.3) is 0 Å². The summed E-state index contributed by atoms with van der Waals surface area (Å²) in [5.74, 6) is 0. The fourth-order valence-corrected chi connectivity index (χ4v) is 2.20. The number of hydrogen-bond donors (Lipinski definition) is 1. The van der Waals surface area contributed by atoms with Crippen molar-refractivity contribution in [2.45, 2.75) is 20.4 Å². The van der Waals surface area contributed by atoms with Crippen molar-refractivity contribution in [1.29, 1.82) is 0 Å². The Morgan fingerprint density at radius 3 is 2.50 bits per heavy atom. The van der Waals surface area contributed by atoms with Gasteiger partial charge >= 0.3 is 0 Å². The minimum Gasteiger partial charge on any atom is -0.398 e. The number of anilines is 2. The summed E-state index contributed by atoms with van der Waals surface area (Å²) in [6.07, 6.45) is 0. The summed E-state index contributed by atoms with van der Waals surface area (Å²) in [5, 5.41) is 0. The highest BCUT2D eigenvalue weighted by Gasteiger charge is 2.07. The van der Waals surface area contributed by atoms with Crippen LogP contribution >= 0.6 is 0 Å². The van der Waals surface area contributed by atoms with Crippen LogP contribution in [0.1, 0.15) is 16.7 Å². The molecule has 0 aliphatic heterocycles. The molecule has 2 N–H and O–H groups in total. The van der Waals surface area contributed by atoms with Crippen molar-refractivity contribution in [3.8, 4) is 0 Å². The largest absolute Gasteiger partial charge is 0.398 e. The van der Waals surface area contributed by atoms with Gasteiger partial charge in [-0.1, -0.05) is 35.9 Å². The molecular weight excluding hydrogens is 220 g/mol. The molecular formula is C16H20N2. The molecule has 0 unspecified atom stereocenters. The number of nitrogen functional groups attached to an aromatic ring is 1. The van der Waals surface area contributed by atoms with E-state index < -0.39 is 0 Å². The average Bonchev–Trinajstić information content (AvgIpc) is 2.34. The summed E-state index contributed by atoms with van der Waals surface area (Å²) < 4.78 is 0. The van der Waals surface area contributed by atoms with Gasteiger partial charge in [0.05, 0.1) is 0 Å². The maximum atomic E-state index is 6.03. The molecule has 0 spiro atoms. The average molecular weight is 240 g/mol. The van der Waals surface area contributed by atoms with Crippen molar-refractivity contribution >= 4 is 11.4 Å². The molecule has 0 radical (unpaired) electrons. The van der Waals surface area contributed by atoms with Crippen LogP contribution in [0.5, 0.6) is 0 Å². The first kappa shape index (κ1) is 12.5. The summed E-state index contributed by atoms with van der Waals surface area (Å²) >= 11 is 0. The zero-order valence-electron chi connectivity index (χ0n) is 11.3. The van der Waals surface area contributed by atoms with Crippen molar-refractivity contribution in [3.63, 3.8) is 0 Å². The summed E-state index contributed by atoms with van der Waals surface area (Å²) in [7, 11) is 2.10. The Labute approximate surface area is 109 Å². The molecule has 0 fully saturated rings. The minimum absolute atomic E-state index is 0.832. The van der Waals surface area contributed by atoms with E-state index >= 15 is 0 Å². The van der Waals surface area contributed by atoms with E-state index in [0.717, 1.165) is 12.2 Å². The monoisotopic (exact) mass is 240 g/mol. The van der Waals surface area contributed by atoms with Crippen LogP contribution in [-0.2, 0) is 6.54 Å². The van der Waals surface area contributed by atoms with Crippen molar-refractivity contribution in [2.24, 2.45) is 0 Å². The maximum absolute atomic E-state index is 6.03. The van der Waals surface area contributed by atoms with E-state index in [9.17, 15) is 0 Å². The molecule has 0 bridgehead atoms. The van der Waals surface area contributed by atoms with Crippen molar-refractivity contribution < 1.29 is 0 Å². The Hall–Kier alpha value is -1.96. The van der Waals surface area contributed by atoms with E-state index in [2.05, 4.69) is 56.1 Å². The maximum Gasteiger partial charge on any atom is 0.0446 e. The predicted octanol–water partition coefficient (Wildman–Crippen LogP) is 3.52. The second-order valence-electron chi connectivity index (χ2n) is 4.84. The van der Waals surface area contributed by atoms with Gasteiger partial charge in [0.1, 0.15) is 0 Å². The highest BCUT2D eigenvalue weighted by Crippen LogP contribution is 2.22. The molecule has 2 aromatic carbocycles. The van der Waals surface area contributed by atoms with Crippen molar-refractivity contribution in [3.05, 3.63) is 59.2 Å². The molecule has 2 nitrogen and oxygen atoms in total. The molecule has 2 aromatic rings. The molecule has 2 rings (SSSR count). The van der Waals surface area contributed by atoms with Gasteiger partial charge in [-0.25, -0.2) is 0 Å². The lowest BCUT2D eigenvalue weighted by Crippen LogP contribution is -2.18. The number of nitrogens with zero attached hydrogens (tertiary/aromatic N) is 1. The van der Waals surface area contributed by atoms with E-state index in [-0.39, 0.29) is 0 Å². The standard InChI is InChI=1S/C16H20N2/c1-12-8-9-15(17)14(10-12)11-18(3)16-7-5-4-6-13(16)2/h4-10H,11,17H2,1-3H3. The van der Waals surface area contributed by atoms with Crippen LogP contribution in [-0.4, -0.2) is 7.05 Å². The van der Waals surface area contributed by atoms with Gasteiger partial charge in [-0.3, -0.25) is 0 Å². The topological polar surface area (TPSA) is 29.3 Å². The fraction of sp³-hybridized carbons (Fsp3) is 0.250. The van der Waals surface area contributed by atoms with E-state index in [1.54, 1.807) is 0 Å². The van der Waals surface area contributed by atoms with Gasteiger partial charge in [0.15, 0.2) is 0 Å². The minimum atomic E-state index is 0.832. The number of para-hydroxylation sites is 1. The first-order valence-corrected chi connectivity index (χ1v) is 6.19. The number of hydrogen-bond acceptors (Lipinski definition) is 2. The lowest BCUT2D eigenvalue weighted by molar-refractivity contribution is 0.918. The molecule has 0 saturated carbocycles. The highest BCUT2D eigenvalue weighted by molar-refractivity contribution is 5.55. The smallest absolute Gasteiger partial charge is 0.0446 e. The molecule has 0 aromatic heterocycles. The quantitative estimate of drug-likeness (QED) is 0.832. The van der Waals surface area contributed by atoms with Gasteiger partial charge in [-0.05, 0) is 37.1 Å². The second-order valence-corrected chi connectivity index (χ2v) is 4.84. The molecule has 0 amide bonds. The zero-order chi connectivity index (χ0) is 13.1. The zero-order valence-corrected chi connectivity index (χ0v) is 11.3. The van der Waals surface area contributed by atoms with Crippen LogP contribution in [0.15, 0.2) is 42.5 Å². The van der Waals surface area contributed by atoms with Crippen LogP contribution in [0.3, 0.4) is 0 Å². The fourth-order valence-electron chi connectivity index (χ4n) is 2.20. The number of rotatable bonds is 3. The normalized spacial score (nSPS) is 10.4. The van der Waals surface area contributed by atoms with E-state index in [1.807, 2.05) is 12.1 Å². The molecule has 2 heteroatoms. The van der Waals surface area contributed by atoms with E-state index in [0.29, 0.717) is 0 Å². The van der Waals surface area contributed by atoms with Crippen LogP contribution in [0.4, 0.5) is 11.4 Å². The second kappa shape index (κ2) is 5.13. The van der Waals surface area contributed by atoms with Crippen LogP contribution < -0.4 is 10.6 Å². The van der Waals surface area contributed by atoms with Crippen LogP contribution in [0.25, 0.3) is 0 Å². The van der Waals surface area contributed by atoms with Gasteiger partial charge in [0.2, 0.25) is 0 Å². The van der Waals surface area contributed by atoms with Crippen molar-refractivity contribution in [1.82, 2.24) is 0 Å². The number of benzene rings is 2.